The van der Waals surface area contributed by atoms with E-state index in [2.05, 4.69) is 11.5 Å². The Balaban J connectivity index is 2.99. The van der Waals surface area contributed by atoms with Gasteiger partial charge in [0.2, 0.25) is 0 Å². The molecule has 0 fully saturated rings. The van der Waals surface area contributed by atoms with E-state index in [1.54, 1.807) is 7.11 Å². The van der Waals surface area contributed by atoms with E-state index >= 15 is 0 Å². The standard InChI is InChI=1S/C14H22N2O/c1-5-10-14(15,11-16(2)3)12-6-8-13(17-4)9-7-12/h5-9H,1,10-11,15H2,2-4H3. The highest BCUT2D eigenvalue weighted by atomic mass is 16.5. The molecule has 1 aromatic carbocycles. The number of ether oxygens (including phenoxy) is 1. The normalized spacial score (nSPS) is 14.4. The van der Waals surface area contributed by atoms with Crippen molar-refractivity contribution in [2.45, 2.75) is 12.0 Å². The zero-order chi connectivity index (χ0) is 12.9. The van der Waals surface area contributed by atoms with Crippen LogP contribution in [0.15, 0.2) is 36.9 Å². The van der Waals surface area contributed by atoms with E-state index in [1.807, 2.05) is 44.4 Å². The SMILES string of the molecule is C=CCC(N)(CN(C)C)c1ccc(OC)cc1. The van der Waals surface area contributed by atoms with Crippen LogP contribution in [0, 0.1) is 0 Å². The smallest absolute Gasteiger partial charge is 0.118 e. The van der Waals surface area contributed by atoms with Crippen LogP contribution < -0.4 is 10.5 Å². The molecule has 3 heteroatoms. The fourth-order valence-corrected chi connectivity index (χ4v) is 2.02. The van der Waals surface area contributed by atoms with E-state index in [1.165, 1.54) is 0 Å². The minimum atomic E-state index is -0.391. The first-order valence-electron chi connectivity index (χ1n) is 5.71. The quantitative estimate of drug-likeness (QED) is 0.765. The molecule has 0 aliphatic heterocycles. The molecule has 0 amide bonds. The summed E-state index contributed by atoms with van der Waals surface area (Å²) in [5.74, 6) is 0.847. The van der Waals surface area contributed by atoms with Crippen molar-refractivity contribution in [2.75, 3.05) is 27.7 Å². The molecular formula is C14H22N2O. The summed E-state index contributed by atoms with van der Waals surface area (Å²) in [4.78, 5) is 2.09. The van der Waals surface area contributed by atoms with Crippen LogP contribution in [0.4, 0.5) is 0 Å². The Morgan fingerprint density at radius 1 is 1.35 bits per heavy atom. The summed E-state index contributed by atoms with van der Waals surface area (Å²) in [5.41, 5.74) is 7.18. The van der Waals surface area contributed by atoms with E-state index in [0.717, 1.165) is 24.3 Å². The van der Waals surface area contributed by atoms with Crippen molar-refractivity contribution in [1.82, 2.24) is 4.90 Å². The number of hydrogen-bond donors (Lipinski definition) is 1. The Bertz CT molecular complexity index is 359. The monoisotopic (exact) mass is 234 g/mol. The van der Waals surface area contributed by atoms with Crippen LogP contribution in [-0.2, 0) is 5.54 Å². The van der Waals surface area contributed by atoms with Gasteiger partial charge >= 0.3 is 0 Å². The molecule has 1 aromatic rings. The second-order valence-corrected chi connectivity index (χ2v) is 4.62. The molecule has 0 heterocycles. The molecule has 0 aliphatic carbocycles. The predicted octanol–water partition coefficient (Wildman–Crippen LogP) is 1.99. The lowest BCUT2D eigenvalue weighted by molar-refractivity contribution is 0.287. The van der Waals surface area contributed by atoms with Gasteiger partial charge in [-0.25, -0.2) is 0 Å². The second-order valence-electron chi connectivity index (χ2n) is 4.62. The Hall–Kier alpha value is -1.32. The molecular weight excluding hydrogens is 212 g/mol. The van der Waals surface area contributed by atoms with Gasteiger partial charge in [-0.05, 0) is 38.2 Å². The molecule has 0 saturated heterocycles. The van der Waals surface area contributed by atoms with Crippen LogP contribution >= 0.6 is 0 Å². The third kappa shape index (κ3) is 3.58. The minimum Gasteiger partial charge on any atom is -0.497 e. The molecule has 2 N–H and O–H groups in total. The van der Waals surface area contributed by atoms with Crippen LogP contribution in [-0.4, -0.2) is 32.6 Å². The molecule has 0 radical (unpaired) electrons. The van der Waals surface area contributed by atoms with Crippen LogP contribution in [0.25, 0.3) is 0 Å². The maximum absolute atomic E-state index is 6.47. The summed E-state index contributed by atoms with van der Waals surface area (Å²) in [6, 6.07) is 7.92. The molecule has 17 heavy (non-hydrogen) atoms. The van der Waals surface area contributed by atoms with Crippen LogP contribution in [0.3, 0.4) is 0 Å². The Morgan fingerprint density at radius 2 is 1.94 bits per heavy atom. The van der Waals surface area contributed by atoms with Gasteiger partial charge in [-0.1, -0.05) is 18.2 Å². The van der Waals surface area contributed by atoms with E-state index in [9.17, 15) is 0 Å². The third-order valence-corrected chi connectivity index (χ3v) is 2.77. The lowest BCUT2D eigenvalue weighted by Crippen LogP contribution is -2.45. The Labute approximate surface area is 104 Å². The molecule has 0 aliphatic rings. The third-order valence-electron chi connectivity index (χ3n) is 2.77. The van der Waals surface area contributed by atoms with E-state index in [0.29, 0.717) is 0 Å². The van der Waals surface area contributed by atoms with Gasteiger partial charge in [0.05, 0.1) is 12.6 Å². The average molecular weight is 234 g/mol. The number of hydrogen-bond acceptors (Lipinski definition) is 3. The van der Waals surface area contributed by atoms with Gasteiger partial charge in [0.25, 0.3) is 0 Å². The van der Waals surface area contributed by atoms with E-state index in [-0.39, 0.29) is 0 Å². The van der Waals surface area contributed by atoms with Crippen molar-refractivity contribution in [2.24, 2.45) is 5.73 Å². The topological polar surface area (TPSA) is 38.5 Å². The van der Waals surface area contributed by atoms with Crippen molar-refractivity contribution in [3.63, 3.8) is 0 Å². The van der Waals surface area contributed by atoms with Crippen molar-refractivity contribution < 1.29 is 4.74 Å². The molecule has 0 saturated carbocycles. The largest absolute Gasteiger partial charge is 0.497 e. The highest BCUT2D eigenvalue weighted by molar-refractivity contribution is 5.32. The fraction of sp³-hybridized carbons (Fsp3) is 0.429. The molecule has 0 aromatic heterocycles. The zero-order valence-electron chi connectivity index (χ0n) is 10.9. The zero-order valence-corrected chi connectivity index (χ0v) is 10.9. The van der Waals surface area contributed by atoms with Crippen LogP contribution in [0.5, 0.6) is 5.75 Å². The maximum Gasteiger partial charge on any atom is 0.118 e. The average Bonchev–Trinajstić information content (AvgIpc) is 2.28. The van der Waals surface area contributed by atoms with Gasteiger partial charge in [-0.2, -0.15) is 0 Å². The predicted molar refractivity (Wildman–Crippen MR) is 72.2 cm³/mol. The number of nitrogens with zero attached hydrogens (tertiary/aromatic N) is 1. The highest BCUT2D eigenvalue weighted by Gasteiger charge is 2.26. The Morgan fingerprint density at radius 3 is 2.35 bits per heavy atom. The first-order chi connectivity index (χ1) is 8.01. The summed E-state index contributed by atoms with van der Waals surface area (Å²) in [6.07, 6.45) is 2.62. The van der Waals surface area contributed by atoms with Crippen molar-refractivity contribution >= 4 is 0 Å². The number of nitrogens with two attached hydrogens (primary N) is 1. The lowest BCUT2D eigenvalue weighted by Gasteiger charge is -2.32. The van der Waals surface area contributed by atoms with Gasteiger partial charge in [0, 0.05) is 6.54 Å². The molecule has 1 atom stereocenters. The number of likely N-dealkylation sites (N-methyl/N-ethyl adjacent to an activating group) is 1. The van der Waals surface area contributed by atoms with E-state index < -0.39 is 5.54 Å². The van der Waals surface area contributed by atoms with Crippen molar-refractivity contribution in [3.05, 3.63) is 42.5 Å². The minimum absolute atomic E-state index is 0.391. The first kappa shape index (κ1) is 13.7. The summed E-state index contributed by atoms with van der Waals surface area (Å²) in [7, 11) is 5.71. The molecule has 1 rings (SSSR count). The molecule has 0 bridgehead atoms. The van der Waals surface area contributed by atoms with Gasteiger partial charge in [-0.3, -0.25) is 0 Å². The number of rotatable bonds is 6. The summed E-state index contributed by atoms with van der Waals surface area (Å²) in [6.45, 7) is 4.57. The fourth-order valence-electron chi connectivity index (χ4n) is 2.02. The van der Waals surface area contributed by atoms with Gasteiger partial charge in [0.1, 0.15) is 5.75 Å². The molecule has 3 nitrogen and oxygen atoms in total. The molecule has 1 unspecified atom stereocenters. The van der Waals surface area contributed by atoms with Crippen molar-refractivity contribution in [1.29, 1.82) is 0 Å². The van der Waals surface area contributed by atoms with Gasteiger partial charge in [0.15, 0.2) is 0 Å². The van der Waals surface area contributed by atoms with Crippen LogP contribution in [0.2, 0.25) is 0 Å². The number of benzene rings is 1. The van der Waals surface area contributed by atoms with Crippen LogP contribution in [0.1, 0.15) is 12.0 Å². The number of methoxy groups -OCH3 is 1. The lowest BCUT2D eigenvalue weighted by atomic mass is 9.87. The summed E-state index contributed by atoms with van der Waals surface area (Å²) < 4.78 is 5.15. The first-order valence-corrected chi connectivity index (χ1v) is 5.71. The maximum atomic E-state index is 6.47. The Kier molecular flexibility index (Phi) is 4.73. The van der Waals surface area contributed by atoms with E-state index in [4.69, 9.17) is 10.5 Å². The highest BCUT2D eigenvalue weighted by Crippen LogP contribution is 2.25. The molecule has 0 spiro atoms. The summed E-state index contributed by atoms with van der Waals surface area (Å²) in [5, 5.41) is 0. The molecule has 94 valence electrons. The second kappa shape index (κ2) is 5.84. The van der Waals surface area contributed by atoms with Crippen molar-refractivity contribution in [3.8, 4) is 5.75 Å². The van der Waals surface area contributed by atoms with Gasteiger partial charge < -0.3 is 15.4 Å². The van der Waals surface area contributed by atoms with Gasteiger partial charge in [-0.15, -0.1) is 6.58 Å². The summed E-state index contributed by atoms with van der Waals surface area (Å²) >= 11 is 0.